The first-order valence-corrected chi connectivity index (χ1v) is 8.45. The number of hydrogen-bond acceptors (Lipinski definition) is 4. The molecule has 0 atom stereocenters. The number of hydrogen-bond donors (Lipinski definition) is 0. The van der Waals surface area contributed by atoms with Crippen LogP contribution in [0.4, 0.5) is 0 Å². The summed E-state index contributed by atoms with van der Waals surface area (Å²) in [5, 5.41) is 0.657. The summed E-state index contributed by atoms with van der Waals surface area (Å²) in [5.74, 6) is 1.77. The molecule has 0 aliphatic heterocycles. The molecule has 2 aromatic rings. The van der Waals surface area contributed by atoms with Crippen LogP contribution in [0.15, 0.2) is 48.5 Å². The van der Waals surface area contributed by atoms with Crippen LogP contribution in [0.25, 0.3) is 0 Å². The average molecular weight is 364 g/mol. The highest BCUT2D eigenvalue weighted by molar-refractivity contribution is 6.30. The Morgan fingerprint density at radius 3 is 2.28 bits per heavy atom. The minimum atomic E-state index is -0.133. The molecule has 0 saturated carbocycles. The third-order valence-corrected chi connectivity index (χ3v) is 3.69. The molecular formula is C19H22ClNO4. The fourth-order valence-corrected chi connectivity index (χ4v) is 2.18. The first-order chi connectivity index (χ1) is 12.1. The zero-order valence-corrected chi connectivity index (χ0v) is 15.2. The molecule has 1 amide bonds. The lowest BCUT2D eigenvalue weighted by Gasteiger charge is -2.18. The van der Waals surface area contributed by atoms with Gasteiger partial charge in [0.1, 0.15) is 12.4 Å². The molecule has 0 saturated heterocycles. The van der Waals surface area contributed by atoms with E-state index in [0.29, 0.717) is 42.0 Å². The molecule has 25 heavy (non-hydrogen) atoms. The van der Waals surface area contributed by atoms with E-state index in [4.69, 9.17) is 25.8 Å². The van der Waals surface area contributed by atoms with Crippen molar-refractivity contribution in [2.75, 3.05) is 33.4 Å². The highest BCUT2D eigenvalue weighted by atomic mass is 35.5. The third-order valence-electron chi connectivity index (χ3n) is 3.43. The Morgan fingerprint density at radius 1 is 1.00 bits per heavy atom. The van der Waals surface area contributed by atoms with Crippen LogP contribution < -0.4 is 14.2 Å². The van der Waals surface area contributed by atoms with Crippen LogP contribution in [-0.2, 0) is 4.79 Å². The summed E-state index contributed by atoms with van der Waals surface area (Å²) < 4.78 is 16.6. The van der Waals surface area contributed by atoms with Crippen LogP contribution in [0.2, 0.25) is 5.02 Å². The SMILES string of the molecule is CCOc1ccccc1OCC(=O)N(C)CCOc1ccc(Cl)cc1. The molecule has 0 aromatic heterocycles. The van der Waals surface area contributed by atoms with E-state index in [-0.39, 0.29) is 12.5 Å². The molecular weight excluding hydrogens is 342 g/mol. The van der Waals surface area contributed by atoms with Crippen molar-refractivity contribution in [2.24, 2.45) is 0 Å². The number of para-hydroxylation sites is 2. The number of nitrogens with zero attached hydrogens (tertiary/aromatic N) is 1. The topological polar surface area (TPSA) is 48.0 Å². The second-order valence-corrected chi connectivity index (χ2v) is 5.72. The zero-order valence-electron chi connectivity index (χ0n) is 14.4. The number of halogens is 1. The minimum Gasteiger partial charge on any atom is -0.492 e. The van der Waals surface area contributed by atoms with Gasteiger partial charge in [-0.3, -0.25) is 4.79 Å². The van der Waals surface area contributed by atoms with Crippen LogP contribution in [0.5, 0.6) is 17.2 Å². The number of likely N-dealkylation sites (N-methyl/N-ethyl adjacent to an activating group) is 1. The minimum absolute atomic E-state index is 0.0540. The van der Waals surface area contributed by atoms with E-state index in [1.54, 1.807) is 42.3 Å². The van der Waals surface area contributed by atoms with E-state index in [0.717, 1.165) is 0 Å². The van der Waals surface area contributed by atoms with Crippen LogP contribution >= 0.6 is 11.6 Å². The van der Waals surface area contributed by atoms with Crippen molar-refractivity contribution in [2.45, 2.75) is 6.92 Å². The molecule has 0 unspecified atom stereocenters. The number of ether oxygens (including phenoxy) is 3. The molecule has 0 spiro atoms. The summed E-state index contributed by atoms with van der Waals surface area (Å²) in [6, 6.07) is 14.4. The smallest absolute Gasteiger partial charge is 0.260 e. The molecule has 0 bridgehead atoms. The second-order valence-electron chi connectivity index (χ2n) is 5.29. The molecule has 5 nitrogen and oxygen atoms in total. The summed E-state index contributed by atoms with van der Waals surface area (Å²) in [7, 11) is 1.71. The van der Waals surface area contributed by atoms with Crippen molar-refractivity contribution in [3.8, 4) is 17.2 Å². The van der Waals surface area contributed by atoms with E-state index in [1.165, 1.54) is 0 Å². The van der Waals surface area contributed by atoms with Crippen molar-refractivity contribution < 1.29 is 19.0 Å². The van der Waals surface area contributed by atoms with Gasteiger partial charge in [-0.1, -0.05) is 23.7 Å². The van der Waals surface area contributed by atoms with E-state index in [9.17, 15) is 4.79 Å². The van der Waals surface area contributed by atoms with Crippen molar-refractivity contribution in [3.05, 3.63) is 53.6 Å². The van der Waals surface area contributed by atoms with Crippen molar-refractivity contribution >= 4 is 17.5 Å². The standard InChI is InChI=1S/C19H22ClNO4/c1-3-23-17-6-4-5-7-18(17)25-14-19(22)21(2)12-13-24-16-10-8-15(20)9-11-16/h4-11H,3,12-14H2,1-2H3. The maximum absolute atomic E-state index is 12.2. The monoisotopic (exact) mass is 363 g/mol. The van der Waals surface area contributed by atoms with Gasteiger partial charge in [-0.2, -0.15) is 0 Å². The fourth-order valence-electron chi connectivity index (χ4n) is 2.05. The third kappa shape index (κ3) is 6.19. The summed E-state index contributed by atoms with van der Waals surface area (Å²) in [5.41, 5.74) is 0. The number of benzene rings is 2. The normalized spacial score (nSPS) is 10.2. The lowest BCUT2D eigenvalue weighted by atomic mass is 10.3. The van der Waals surface area contributed by atoms with Gasteiger partial charge in [0, 0.05) is 12.1 Å². The van der Waals surface area contributed by atoms with E-state index < -0.39 is 0 Å². The molecule has 0 heterocycles. The predicted octanol–water partition coefficient (Wildman–Crippen LogP) is 3.65. The Balaban J connectivity index is 1.75. The van der Waals surface area contributed by atoms with Gasteiger partial charge >= 0.3 is 0 Å². The summed E-state index contributed by atoms with van der Waals surface area (Å²) in [4.78, 5) is 13.7. The first kappa shape index (κ1) is 18.9. The van der Waals surface area contributed by atoms with E-state index in [1.807, 2.05) is 25.1 Å². The zero-order chi connectivity index (χ0) is 18.1. The number of carbonyl (C=O) groups excluding carboxylic acids is 1. The molecule has 134 valence electrons. The van der Waals surface area contributed by atoms with Gasteiger partial charge in [-0.25, -0.2) is 0 Å². The molecule has 6 heteroatoms. The highest BCUT2D eigenvalue weighted by Gasteiger charge is 2.11. The van der Waals surface area contributed by atoms with Gasteiger partial charge < -0.3 is 19.1 Å². The van der Waals surface area contributed by atoms with Gasteiger partial charge in [0.25, 0.3) is 5.91 Å². The van der Waals surface area contributed by atoms with Gasteiger partial charge in [-0.05, 0) is 43.3 Å². The summed E-state index contributed by atoms with van der Waals surface area (Å²) in [6.45, 7) is 3.23. The van der Waals surface area contributed by atoms with Gasteiger partial charge in [0.05, 0.1) is 13.2 Å². The highest BCUT2D eigenvalue weighted by Crippen LogP contribution is 2.26. The molecule has 2 aromatic carbocycles. The number of carbonyl (C=O) groups is 1. The van der Waals surface area contributed by atoms with E-state index >= 15 is 0 Å². The Labute approximate surface area is 153 Å². The van der Waals surface area contributed by atoms with Gasteiger partial charge in [0.15, 0.2) is 18.1 Å². The molecule has 0 aliphatic carbocycles. The van der Waals surface area contributed by atoms with Crippen LogP contribution in [0.3, 0.4) is 0 Å². The fraction of sp³-hybridized carbons (Fsp3) is 0.316. The average Bonchev–Trinajstić information content (AvgIpc) is 2.62. The lowest BCUT2D eigenvalue weighted by Crippen LogP contribution is -2.34. The Hall–Kier alpha value is -2.40. The largest absolute Gasteiger partial charge is 0.492 e. The van der Waals surface area contributed by atoms with Crippen LogP contribution in [-0.4, -0.2) is 44.2 Å². The van der Waals surface area contributed by atoms with Crippen molar-refractivity contribution in [3.63, 3.8) is 0 Å². The van der Waals surface area contributed by atoms with Gasteiger partial charge in [-0.15, -0.1) is 0 Å². The maximum atomic E-state index is 12.2. The van der Waals surface area contributed by atoms with Gasteiger partial charge in [0.2, 0.25) is 0 Å². The van der Waals surface area contributed by atoms with Crippen LogP contribution in [0, 0.1) is 0 Å². The number of rotatable bonds is 9. The predicted molar refractivity (Wildman–Crippen MR) is 97.7 cm³/mol. The lowest BCUT2D eigenvalue weighted by molar-refractivity contribution is -0.132. The summed E-state index contributed by atoms with van der Waals surface area (Å²) >= 11 is 5.82. The Bertz CT molecular complexity index is 675. The molecule has 2 rings (SSSR count). The number of amides is 1. The molecule has 0 N–H and O–H groups in total. The Kier molecular flexibility index (Phi) is 7.41. The quantitative estimate of drug-likeness (QED) is 0.682. The van der Waals surface area contributed by atoms with E-state index in [2.05, 4.69) is 0 Å². The van der Waals surface area contributed by atoms with Crippen molar-refractivity contribution in [1.29, 1.82) is 0 Å². The maximum Gasteiger partial charge on any atom is 0.260 e. The molecule has 0 aliphatic rings. The van der Waals surface area contributed by atoms with Crippen molar-refractivity contribution in [1.82, 2.24) is 4.90 Å². The molecule has 0 radical (unpaired) electrons. The first-order valence-electron chi connectivity index (χ1n) is 8.07. The summed E-state index contributed by atoms with van der Waals surface area (Å²) in [6.07, 6.45) is 0. The molecule has 0 fully saturated rings. The van der Waals surface area contributed by atoms with Crippen LogP contribution in [0.1, 0.15) is 6.92 Å². The Morgan fingerprint density at radius 2 is 1.64 bits per heavy atom. The second kappa shape index (κ2) is 9.79.